The van der Waals surface area contributed by atoms with Gasteiger partial charge < -0.3 is 14.8 Å². The van der Waals surface area contributed by atoms with Crippen LogP contribution in [0.2, 0.25) is 0 Å². The van der Waals surface area contributed by atoms with Crippen LogP contribution in [-0.4, -0.2) is 42.6 Å². The van der Waals surface area contributed by atoms with E-state index in [1.807, 2.05) is 77.1 Å². The van der Waals surface area contributed by atoms with Crippen LogP contribution in [0.15, 0.2) is 48.2 Å². The lowest BCUT2D eigenvalue weighted by Crippen LogP contribution is -2.34. The third-order valence-corrected chi connectivity index (χ3v) is 5.41. The highest BCUT2D eigenvalue weighted by atomic mass is 16.5. The van der Waals surface area contributed by atoms with Gasteiger partial charge in [0.25, 0.3) is 11.8 Å². The molecule has 176 valence electrons. The van der Waals surface area contributed by atoms with E-state index in [1.54, 1.807) is 0 Å². The number of nitrogens with one attached hydrogen (secondary N) is 1. The summed E-state index contributed by atoms with van der Waals surface area (Å²) in [7, 11) is 0. The molecule has 1 heterocycles. The maximum atomic E-state index is 13.4. The maximum Gasteiger partial charge on any atom is 0.278 e. The minimum Gasteiger partial charge on any atom is -0.494 e. The van der Waals surface area contributed by atoms with Gasteiger partial charge in [-0.2, -0.15) is 0 Å². The SMILES string of the molecule is CCCOc1ccc(C2=C(Nc3cc(C)ccc3C)C(=O)N(CCCOC(C)C)C2=O)cc1. The Morgan fingerprint density at radius 2 is 1.70 bits per heavy atom. The summed E-state index contributed by atoms with van der Waals surface area (Å²) in [6.07, 6.45) is 1.61. The van der Waals surface area contributed by atoms with E-state index >= 15 is 0 Å². The Kier molecular flexibility index (Phi) is 8.28. The molecular weight excluding hydrogens is 416 g/mol. The van der Waals surface area contributed by atoms with Gasteiger partial charge in [0.2, 0.25) is 0 Å². The van der Waals surface area contributed by atoms with Crippen molar-refractivity contribution in [2.24, 2.45) is 0 Å². The fourth-order valence-corrected chi connectivity index (χ4v) is 3.65. The van der Waals surface area contributed by atoms with Crippen LogP contribution in [0, 0.1) is 13.8 Å². The molecule has 1 N–H and O–H groups in total. The minimum atomic E-state index is -0.313. The van der Waals surface area contributed by atoms with Gasteiger partial charge in [-0.1, -0.05) is 31.2 Å². The second-order valence-corrected chi connectivity index (χ2v) is 8.60. The lowest BCUT2D eigenvalue weighted by Gasteiger charge is -2.16. The van der Waals surface area contributed by atoms with Crippen molar-refractivity contribution >= 4 is 23.1 Å². The van der Waals surface area contributed by atoms with Crippen LogP contribution in [0.1, 0.15) is 50.3 Å². The molecule has 0 saturated heterocycles. The first-order valence-corrected chi connectivity index (χ1v) is 11.6. The van der Waals surface area contributed by atoms with Crippen molar-refractivity contribution in [3.8, 4) is 5.75 Å². The van der Waals surface area contributed by atoms with Gasteiger partial charge >= 0.3 is 0 Å². The zero-order valence-electron chi connectivity index (χ0n) is 20.2. The molecule has 0 fully saturated rings. The molecule has 0 atom stereocenters. The van der Waals surface area contributed by atoms with Crippen LogP contribution >= 0.6 is 0 Å². The van der Waals surface area contributed by atoms with Crippen molar-refractivity contribution in [3.05, 3.63) is 64.9 Å². The molecule has 2 aromatic rings. The standard InChI is InChI=1S/C27H34N2O4/c1-6-15-33-22-12-10-21(11-13-22)24-25(28-23-17-19(4)8-9-20(23)5)27(31)29(26(24)30)14-7-16-32-18(2)3/h8-13,17-18,28H,6-7,14-16H2,1-5H3. The minimum absolute atomic E-state index is 0.110. The molecule has 0 saturated carbocycles. The molecule has 1 aliphatic rings. The summed E-state index contributed by atoms with van der Waals surface area (Å²) in [5.41, 5.74) is 4.26. The van der Waals surface area contributed by atoms with Crippen molar-refractivity contribution in [3.63, 3.8) is 0 Å². The summed E-state index contributed by atoms with van der Waals surface area (Å²) >= 11 is 0. The van der Waals surface area contributed by atoms with E-state index in [0.29, 0.717) is 43.0 Å². The van der Waals surface area contributed by atoms with Gasteiger partial charge in [-0.15, -0.1) is 0 Å². The summed E-state index contributed by atoms with van der Waals surface area (Å²) in [4.78, 5) is 28.1. The molecule has 0 bridgehead atoms. The van der Waals surface area contributed by atoms with Gasteiger partial charge in [-0.25, -0.2) is 0 Å². The fourth-order valence-electron chi connectivity index (χ4n) is 3.65. The van der Waals surface area contributed by atoms with E-state index in [1.165, 1.54) is 4.90 Å². The van der Waals surface area contributed by atoms with Crippen LogP contribution in [-0.2, 0) is 14.3 Å². The summed E-state index contributed by atoms with van der Waals surface area (Å²) in [5, 5.41) is 3.27. The smallest absolute Gasteiger partial charge is 0.278 e. The third-order valence-electron chi connectivity index (χ3n) is 5.41. The predicted octanol–water partition coefficient (Wildman–Crippen LogP) is 5.10. The van der Waals surface area contributed by atoms with Crippen molar-refractivity contribution in [2.75, 3.05) is 25.1 Å². The number of anilines is 1. The van der Waals surface area contributed by atoms with Crippen LogP contribution in [0.3, 0.4) is 0 Å². The Morgan fingerprint density at radius 3 is 2.36 bits per heavy atom. The largest absolute Gasteiger partial charge is 0.494 e. The highest BCUT2D eigenvalue weighted by molar-refractivity contribution is 6.36. The van der Waals surface area contributed by atoms with Crippen molar-refractivity contribution in [1.82, 2.24) is 4.90 Å². The average Bonchev–Trinajstić information content (AvgIpc) is 3.02. The monoisotopic (exact) mass is 450 g/mol. The summed E-state index contributed by atoms with van der Waals surface area (Å²) in [6, 6.07) is 13.4. The molecule has 0 unspecified atom stereocenters. The first-order chi connectivity index (χ1) is 15.8. The number of benzene rings is 2. The van der Waals surface area contributed by atoms with E-state index in [-0.39, 0.29) is 17.9 Å². The Morgan fingerprint density at radius 1 is 0.970 bits per heavy atom. The Bertz CT molecular complexity index is 1020. The first-order valence-electron chi connectivity index (χ1n) is 11.6. The number of ether oxygens (including phenoxy) is 2. The highest BCUT2D eigenvalue weighted by Gasteiger charge is 2.39. The molecule has 2 aromatic carbocycles. The Hall–Kier alpha value is -3.12. The molecule has 0 aliphatic carbocycles. The second kappa shape index (κ2) is 11.1. The summed E-state index contributed by atoms with van der Waals surface area (Å²) in [6.45, 7) is 11.4. The van der Waals surface area contributed by atoms with Crippen LogP contribution in [0.25, 0.3) is 5.57 Å². The number of hydrogen-bond donors (Lipinski definition) is 1. The van der Waals surface area contributed by atoms with Gasteiger partial charge in [0.05, 0.1) is 18.3 Å². The summed E-state index contributed by atoms with van der Waals surface area (Å²) < 4.78 is 11.3. The van der Waals surface area contributed by atoms with Gasteiger partial charge in [0.15, 0.2) is 0 Å². The molecule has 3 rings (SSSR count). The van der Waals surface area contributed by atoms with Crippen LogP contribution in [0.5, 0.6) is 5.75 Å². The molecule has 1 aliphatic heterocycles. The van der Waals surface area contributed by atoms with Crippen LogP contribution < -0.4 is 10.1 Å². The van der Waals surface area contributed by atoms with Gasteiger partial charge in [0, 0.05) is 18.8 Å². The van der Waals surface area contributed by atoms with Gasteiger partial charge in [-0.3, -0.25) is 14.5 Å². The second-order valence-electron chi connectivity index (χ2n) is 8.60. The van der Waals surface area contributed by atoms with E-state index in [9.17, 15) is 9.59 Å². The van der Waals surface area contributed by atoms with Crippen molar-refractivity contribution in [1.29, 1.82) is 0 Å². The Labute approximate surface area is 196 Å². The zero-order valence-corrected chi connectivity index (χ0v) is 20.2. The van der Waals surface area contributed by atoms with Crippen molar-refractivity contribution in [2.45, 2.75) is 53.6 Å². The lowest BCUT2D eigenvalue weighted by atomic mass is 10.0. The van der Waals surface area contributed by atoms with Gasteiger partial charge in [-0.05, 0) is 75.4 Å². The molecular formula is C27H34N2O4. The molecule has 6 heteroatoms. The maximum absolute atomic E-state index is 13.4. The molecule has 6 nitrogen and oxygen atoms in total. The number of carbonyl (C=O) groups excluding carboxylic acids is 2. The summed E-state index contributed by atoms with van der Waals surface area (Å²) in [5.74, 6) is 0.135. The number of amides is 2. The van der Waals surface area contributed by atoms with Crippen LogP contribution in [0.4, 0.5) is 5.69 Å². The third kappa shape index (κ3) is 6.02. The zero-order chi connectivity index (χ0) is 24.0. The average molecular weight is 451 g/mol. The Balaban J connectivity index is 1.92. The normalized spacial score (nSPS) is 13.9. The number of nitrogens with zero attached hydrogens (tertiary/aromatic N) is 1. The van der Waals surface area contributed by atoms with E-state index in [0.717, 1.165) is 29.0 Å². The fraction of sp³-hybridized carbons (Fsp3) is 0.407. The number of carbonyl (C=O) groups is 2. The quantitative estimate of drug-likeness (QED) is 0.381. The van der Waals surface area contributed by atoms with E-state index in [4.69, 9.17) is 9.47 Å². The number of imide groups is 1. The van der Waals surface area contributed by atoms with E-state index in [2.05, 4.69) is 5.32 Å². The van der Waals surface area contributed by atoms with E-state index < -0.39 is 0 Å². The number of hydrogen-bond acceptors (Lipinski definition) is 5. The molecule has 0 spiro atoms. The predicted molar refractivity (Wildman–Crippen MR) is 131 cm³/mol. The number of aryl methyl sites for hydroxylation is 2. The molecule has 2 amide bonds. The molecule has 33 heavy (non-hydrogen) atoms. The van der Waals surface area contributed by atoms with Crippen molar-refractivity contribution < 1.29 is 19.1 Å². The topological polar surface area (TPSA) is 67.9 Å². The number of rotatable bonds is 11. The molecule has 0 radical (unpaired) electrons. The first kappa shape index (κ1) is 24.5. The highest BCUT2D eigenvalue weighted by Crippen LogP contribution is 2.32. The molecule has 0 aromatic heterocycles. The lowest BCUT2D eigenvalue weighted by molar-refractivity contribution is -0.137. The van der Waals surface area contributed by atoms with Gasteiger partial charge in [0.1, 0.15) is 11.4 Å².